The first-order chi connectivity index (χ1) is 10.2. The molecule has 4 heteroatoms. The van der Waals surface area contributed by atoms with Crippen LogP contribution in [0.25, 0.3) is 0 Å². The molecule has 1 aromatic carbocycles. The van der Waals surface area contributed by atoms with E-state index in [0.29, 0.717) is 0 Å². The van der Waals surface area contributed by atoms with Crippen molar-refractivity contribution < 1.29 is 9.47 Å². The van der Waals surface area contributed by atoms with Crippen molar-refractivity contribution in [2.75, 3.05) is 27.3 Å². The van der Waals surface area contributed by atoms with Gasteiger partial charge in [-0.3, -0.25) is 4.90 Å². The van der Waals surface area contributed by atoms with Gasteiger partial charge in [0.15, 0.2) is 0 Å². The monoisotopic (exact) mass is 290 g/mol. The number of nitrogens with two attached hydrogens (primary N) is 1. The first-order valence-electron chi connectivity index (χ1n) is 7.92. The van der Waals surface area contributed by atoms with Gasteiger partial charge >= 0.3 is 0 Å². The van der Waals surface area contributed by atoms with Gasteiger partial charge in [-0.1, -0.05) is 0 Å². The summed E-state index contributed by atoms with van der Waals surface area (Å²) in [4.78, 5) is 2.58. The van der Waals surface area contributed by atoms with Crippen molar-refractivity contribution in [3.8, 4) is 11.5 Å². The van der Waals surface area contributed by atoms with Gasteiger partial charge in [-0.25, -0.2) is 0 Å². The van der Waals surface area contributed by atoms with Crippen LogP contribution in [0.5, 0.6) is 11.5 Å². The van der Waals surface area contributed by atoms with Crippen molar-refractivity contribution >= 4 is 0 Å². The fraction of sp³-hybridized carbons (Fsp3) is 0.647. The molecule has 2 aliphatic rings. The Balaban J connectivity index is 1.71. The molecule has 2 aliphatic carbocycles. The van der Waals surface area contributed by atoms with Crippen molar-refractivity contribution in [1.29, 1.82) is 0 Å². The normalized spacial score (nSPS) is 19.6. The molecule has 1 atom stereocenters. The van der Waals surface area contributed by atoms with Gasteiger partial charge in [0.05, 0.1) is 14.2 Å². The second-order valence-corrected chi connectivity index (χ2v) is 6.34. The second-order valence-electron chi connectivity index (χ2n) is 6.34. The zero-order valence-electron chi connectivity index (χ0n) is 13.0. The largest absolute Gasteiger partial charge is 0.497 e. The van der Waals surface area contributed by atoms with E-state index in [2.05, 4.69) is 4.90 Å². The van der Waals surface area contributed by atoms with Gasteiger partial charge in [-0.2, -0.15) is 0 Å². The number of methoxy groups -OCH3 is 2. The second kappa shape index (κ2) is 6.24. The standard InChI is InChI=1S/C17H26N2O2/c1-20-14-7-8-17(21-2)15(9-14)16(18)11-19(13-5-6-13)10-12-3-4-12/h7-9,12-13,16H,3-6,10-11,18H2,1-2H3. The van der Waals surface area contributed by atoms with Crippen LogP contribution in [-0.4, -0.2) is 38.3 Å². The third kappa shape index (κ3) is 3.69. The highest BCUT2D eigenvalue weighted by molar-refractivity contribution is 5.42. The van der Waals surface area contributed by atoms with Crippen LogP contribution in [0.2, 0.25) is 0 Å². The molecule has 1 unspecified atom stereocenters. The molecule has 0 amide bonds. The summed E-state index contributed by atoms with van der Waals surface area (Å²) < 4.78 is 10.8. The van der Waals surface area contributed by atoms with Crippen LogP contribution in [0.15, 0.2) is 18.2 Å². The molecule has 0 bridgehead atoms. The van der Waals surface area contributed by atoms with Crippen molar-refractivity contribution in [2.24, 2.45) is 11.7 Å². The number of hydrogen-bond donors (Lipinski definition) is 1. The van der Waals surface area contributed by atoms with Crippen LogP contribution in [0.4, 0.5) is 0 Å². The van der Waals surface area contributed by atoms with Gasteiger partial charge in [-0.15, -0.1) is 0 Å². The van der Waals surface area contributed by atoms with Gasteiger partial charge < -0.3 is 15.2 Å². The minimum atomic E-state index is -0.0330. The molecule has 4 nitrogen and oxygen atoms in total. The van der Waals surface area contributed by atoms with Crippen LogP contribution in [0.1, 0.15) is 37.3 Å². The third-order valence-electron chi connectivity index (χ3n) is 4.52. The predicted octanol–water partition coefficient (Wildman–Crippen LogP) is 2.58. The van der Waals surface area contributed by atoms with E-state index in [9.17, 15) is 0 Å². The predicted molar refractivity (Wildman–Crippen MR) is 83.8 cm³/mol. The van der Waals surface area contributed by atoms with E-state index < -0.39 is 0 Å². The lowest BCUT2D eigenvalue weighted by molar-refractivity contribution is 0.236. The maximum atomic E-state index is 6.48. The Morgan fingerprint density at radius 2 is 1.95 bits per heavy atom. The number of nitrogens with zero attached hydrogens (tertiary/aromatic N) is 1. The van der Waals surface area contributed by atoms with E-state index in [-0.39, 0.29) is 6.04 Å². The topological polar surface area (TPSA) is 47.7 Å². The molecular formula is C17H26N2O2. The third-order valence-corrected chi connectivity index (χ3v) is 4.52. The molecule has 3 rings (SSSR count). The van der Waals surface area contributed by atoms with E-state index in [1.165, 1.54) is 32.2 Å². The van der Waals surface area contributed by atoms with Gasteiger partial charge in [0.2, 0.25) is 0 Å². The zero-order chi connectivity index (χ0) is 14.8. The Morgan fingerprint density at radius 3 is 2.52 bits per heavy atom. The van der Waals surface area contributed by atoms with Gasteiger partial charge in [0, 0.05) is 30.7 Å². The van der Waals surface area contributed by atoms with Crippen LogP contribution < -0.4 is 15.2 Å². The Labute approximate surface area is 127 Å². The van der Waals surface area contributed by atoms with Crippen molar-refractivity contribution in [3.63, 3.8) is 0 Å². The molecule has 2 N–H and O–H groups in total. The molecule has 1 aromatic rings. The Hall–Kier alpha value is -1.26. The molecule has 0 spiro atoms. The summed E-state index contributed by atoms with van der Waals surface area (Å²) in [6.45, 7) is 2.12. The molecule has 116 valence electrons. The molecule has 0 aromatic heterocycles. The molecule has 0 heterocycles. The van der Waals surface area contributed by atoms with Crippen LogP contribution >= 0.6 is 0 Å². The van der Waals surface area contributed by atoms with Crippen molar-refractivity contribution in [1.82, 2.24) is 4.90 Å². The van der Waals surface area contributed by atoms with E-state index in [1.807, 2.05) is 18.2 Å². The van der Waals surface area contributed by atoms with Gasteiger partial charge in [-0.05, 0) is 49.8 Å². The van der Waals surface area contributed by atoms with Crippen molar-refractivity contribution in [3.05, 3.63) is 23.8 Å². The minimum Gasteiger partial charge on any atom is -0.497 e. The molecule has 0 aliphatic heterocycles. The Kier molecular flexibility index (Phi) is 4.36. The quantitative estimate of drug-likeness (QED) is 0.799. The maximum absolute atomic E-state index is 6.48. The first kappa shape index (κ1) is 14.7. The van der Waals surface area contributed by atoms with Crippen molar-refractivity contribution in [2.45, 2.75) is 37.8 Å². The Morgan fingerprint density at radius 1 is 1.19 bits per heavy atom. The van der Waals surface area contributed by atoms with E-state index in [0.717, 1.165) is 35.6 Å². The summed E-state index contributed by atoms with van der Waals surface area (Å²) in [6, 6.07) is 6.59. The average Bonchev–Trinajstić information content (AvgIpc) is 3.38. The molecular weight excluding hydrogens is 264 g/mol. The fourth-order valence-electron chi connectivity index (χ4n) is 2.92. The summed E-state index contributed by atoms with van der Waals surface area (Å²) in [5.41, 5.74) is 7.52. The summed E-state index contributed by atoms with van der Waals surface area (Å²) in [7, 11) is 3.38. The lowest BCUT2D eigenvalue weighted by Gasteiger charge is -2.26. The number of rotatable bonds is 8. The molecule has 2 fully saturated rings. The lowest BCUT2D eigenvalue weighted by Crippen LogP contribution is -2.35. The van der Waals surface area contributed by atoms with Gasteiger partial charge in [0.1, 0.15) is 11.5 Å². The summed E-state index contributed by atoms with van der Waals surface area (Å²) in [5.74, 6) is 2.59. The number of ether oxygens (including phenoxy) is 2. The lowest BCUT2D eigenvalue weighted by atomic mass is 10.0. The molecule has 21 heavy (non-hydrogen) atoms. The number of benzene rings is 1. The van der Waals surface area contributed by atoms with Crippen LogP contribution in [0, 0.1) is 5.92 Å². The van der Waals surface area contributed by atoms with Crippen LogP contribution in [-0.2, 0) is 0 Å². The molecule has 0 saturated heterocycles. The molecule has 2 saturated carbocycles. The number of hydrogen-bond acceptors (Lipinski definition) is 4. The van der Waals surface area contributed by atoms with E-state index >= 15 is 0 Å². The molecule has 0 radical (unpaired) electrons. The smallest absolute Gasteiger partial charge is 0.123 e. The minimum absolute atomic E-state index is 0.0330. The summed E-state index contributed by atoms with van der Waals surface area (Å²) in [6.07, 6.45) is 5.44. The van der Waals surface area contributed by atoms with Crippen LogP contribution in [0.3, 0.4) is 0 Å². The van der Waals surface area contributed by atoms with E-state index in [1.54, 1.807) is 14.2 Å². The zero-order valence-corrected chi connectivity index (χ0v) is 13.0. The summed E-state index contributed by atoms with van der Waals surface area (Å²) in [5, 5.41) is 0. The highest BCUT2D eigenvalue weighted by Crippen LogP contribution is 2.36. The maximum Gasteiger partial charge on any atom is 0.123 e. The highest BCUT2D eigenvalue weighted by Gasteiger charge is 2.34. The highest BCUT2D eigenvalue weighted by atomic mass is 16.5. The summed E-state index contributed by atoms with van der Waals surface area (Å²) >= 11 is 0. The first-order valence-corrected chi connectivity index (χ1v) is 7.92. The Bertz CT molecular complexity index is 484. The van der Waals surface area contributed by atoms with Gasteiger partial charge in [0.25, 0.3) is 0 Å². The van der Waals surface area contributed by atoms with E-state index in [4.69, 9.17) is 15.2 Å². The fourth-order valence-corrected chi connectivity index (χ4v) is 2.92. The SMILES string of the molecule is COc1ccc(OC)c(C(N)CN(CC2CC2)C2CC2)c1. The average molecular weight is 290 g/mol.